The van der Waals surface area contributed by atoms with Crippen molar-refractivity contribution >= 4 is 0 Å². The largest absolute Gasteiger partial charge is 4.00 e. The summed E-state index contributed by atoms with van der Waals surface area (Å²) in [7, 11) is 0. The van der Waals surface area contributed by atoms with Crippen LogP contribution in [0.3, 0.4) is 0 Å². The third-order valence-electron chi connectivity index (χ3n) is 9.56. The van der Waals surface area contributed by atoms with Crippen LogP contribution in [0.2, 0.25) is 0 Å². The summed E-state index contributed by atoms with van der Waals surface area (Å²) in [5.41, 5.74) is 0. The quantitative estimate of drug-likeness (QED) is 0.263. The Labute approximate surface area is 192 Å². The second-order valence-corrected chi connectivity index (χ2v) is 11.6. The molecule has 8 aliphatic rings. The third kappa shape index (κ3) is 6.28. The molecule has 0 radical (unpaired) electrons. The van der Waals surface area contributed by atoms with Crippen molar-refractivity contribution in [2.24, 2.45) is 23.7 Å². The van der Waals surface area contributed by atoms with E-state index in [1.807, 2.05) is 23.7 Å². The van der Waals surface area contributed by atoms with Gasteiger partial charge in [0.05, 0.1) is 0 Å². The van der Waals surface area contributed by atoms with Crippen LogP contribution in [0.15, 0.2) is 0 Å². The summed E-state index contributed by atoms with van der Waals surface area (Å²) in [6.07, 6.45) is 30.0. The second kappa shape index (κ2) is 10.9. The van der Waals surface area contributed by atoms with Gasteiger partial charge in [-0.05, 0) is 0 Å². The van der Waals surface area contributed by atoms with Gasteiger partial charge in [0.1, 0.15) is 0 Å². The van der Waals surface area contributed by atoms with E-state index in [0.717, 1.165) is 23.7 Å². The van der Waals surface area contributed by atoms with Crippen molar-refractivity contribution in [3.8, 4) is 0 Å². The van der Waals surface area contributed by atoms with Crippen LogP contribution in [0.25, 0.3) is 0 Å². The van der Waals surface area contributed by atoms with Gasteiger partial charge in [-0.3, -0.25) is 0 Å². The molecule has 0 aromatic rings. The molecule has 0 N–H and O–H groups in total. The first-order chi connectivity index (χ1) is 13.8. The monoisotopic (exact) mass is 436 g/mol. The van der Waals surface area contributed by atoms with E-state index in [-0.39, 0.29) is 17.1 Å². The Morgan fingerprint density at radius 3 is 0.517 bits per heavy atom. The van der Waals surface area contributed by atoms with E-state index in [4.69, 9.17) is 0 Å². The standard InChI is InChI=1S/4C7H11.Fe/c4*1-2-7-4-3-6(1)5-7;/h4*6H,1-5H2;/q4*-1;+4. The zero-order chi connectivity index (χ0) is 18.8. The van der Waals surface area contributed by atoms with Crippen molar-refractivity contribution in [2.45, 2.75) is 128 Å². The summed E-state index contributed by atoms with van der Waals surface area (Å²) in [4.78, 5) is 0. The molecule has 0 aliphatic heterocycles. The normalized spacial score (nSPS) is 31.4. The van der Waals surface area contributed by atoms with Gasteiger partial charge in [0, 0.05) is 0 Å². The van der Waals surface area contributed by atoms with E-state index in [0.29, 0.717) is 0 Å². The van der Waals surface area contributed by atoms with E-state index in [1.54, 1.807) is 0 Å². The number of fused-ring (bicyclic) bond motifs is 8. The summed E-state index contributed by atoms with van der Waals surface area (Å²) in [6, 6.07) is 0. The summed E-state index contributed by atoms with van der Waals surface area (Å²) in [6.45, 7) is 0. The van der Waals surface area contributed by atoms with E-state index < -0.39 is 0 Å². The topological polar surface area (TPSA) is 0 Å². The van der Waals surface area contributed by atoms with Crippen molar-refractivity contribution in [2.75, 3.05) is 0 Å². The molecule has 0 saturated heterocycles. The molecule has 0 amide bonds. The molecule has 8 fully saturated rings. The molecular weight excluding hydrogens is 392 g/mol. The van der Waals surface area contributed by atoms with Crippen LogP contribution in [0.1, 0.15) is 128 Å². The van der Waals surface area contributed by atoms with E-state index in [2.05, 4.69) is 0 Å². The molecular formula is C28H44Fe. The van der Waals surface area contributed by atoms with Crippen LogP contribution in [0.5, 0.6) is 0 Å². The van der Waals surface area contributed by atoms with E-state index in [9.17, 15) is 0 Å². The molecule has 1 heteroatoms. The van der Waals surface area contributed by atoms with Crippen LogP contribution in [-0.2, 0) is 17.1 Å². The molecule has 0 aromatic heterocycles. The van der Waals surface area contributed by atoms with Gasteiger partial charge < -0.3 is 23.7 Å². The molecule has 0 heterocycles. The zero-order valence-corrected chi connectivity index (χ0v) is 19.9. The average molecular weight is 437 g/mol. The zero-order valence-electron chi connectivity index (χ0n) is 18.8. The first-order valence-corrected chi connectivity index (χ1v) is 13.1. The number of rotatable bonds is 0. The van der Waals surface area contributed by atoms with Crippen molar-refractivity contribution in [3.05, 3.63) is 23.7 Å². The fourth-order valence-corrected chi connectivity index (χ4v) is 7.61. The molecule has 8 bridgehead atoms. The van der Waals surface area contributed by atoms with Gasteiger partial charge in [-0.25, -0.2) is 0 Å². The van der Waals surface area contributed by atoms with E-state index >= 15 is 0 Å². The Balaban J connectivity index is 0.0000000931. The van der Waals surface area contributed by atoms with Crippen molar-refractivity contribution in [1.29, 1.82) is 0 Å². The molecule has 0 unspecified atom stereocenters. The van der Waals surface area contributed by atoms with Crippen LogP contribution in [0.4, 0.5) is 0 Å². The second-order valence-electron chi connectivity index (χ2n) is 11.6. The molecule has 0 aromatic carbocycles. The smallest absolute Gasteiger partial charge is 0.313 e. The molecule has 8 rings (SSSR count). The summed E-state index contributed by atoms with van der Waals surface area (Å²) in [5.74, 6) is 12.0. The maximum atomic E-state index is 1.87. The van der Waals surface area contributed by atoms with Crippen molar-refractivity contribution in [3.63, 3.8) is 0 Å². The fourth-order valence-electron chi connectivity index (χ4n) is 7.61. The Kier molecular flexibility index (Phi) is 8.53. The summed E-state index contributed by atoms with van der Waals surface area (Å²) in [5, 5.41) is 0. The number of hydrogen-bond donors (Lipinski definition) is 0. The SMILES string of the molecule is C1CC2CC[C-]1C2.C1CC2CC[C-]1C2.C1CC2CC[C-]1C2.C1CC2CC[C-]1C2.[Fe+4]. The first-order valence-electron chi connectivity index (χ1n) is 13.1. The molecule has 0 atom stereocenters. The van der Waals surface area contributed by atoms with Crippen molar-refractivity contribution in [1.82, 2.24) is 0 Å². The molecule has 8 saturated carbocycles. The molecule has 0 spiro atoms. The van der Waals surface area contributed by atoms with Gasteiger partial charge in [-0.15, -0.1) is 0 Å². The maximum Gasteiger partial charge on any atom is 4.00 e. The minimum Gasteiger partial charge on any atom is -0.313 e. The van der Waals surface area contributed by atoms with Crippen molar-refractivity contribution < 1.29 is 17.1 Å². The molecule has 8 aliphatic carbocycles. The number of hydrogen-bond acceptors (Lipinski definition) is 0. The minimum absolute atomic E-state index is 0. The Morgan fingerprint density at radius 2 is 0.483 bits per heavy atom. The van der Waals surface area contributed by atoms with Gasteiger partial charge >= 0.3 is 17.1 Å². The average Bonchev–Trinajstić information content (AvgIpc) is 3.63. The Morgan fingerprint density at radius 1 is 0.310 bits per heavy atom. The molecule has 164 valence electrons. The van der Waals surface area contributed by atoms with Crippen LogP contribution >= 0.6 is 0 Å². The van der Waals surface area contributed by atoms with Gasteiger partial charge in [-0.1, -0.05) is 75.0 Å². The molecule has 0 nitrogen and oxygen atoms in total. The van der Waals surface area contributed by atoms with Gasteiger partial charge in [0.2, 0.25) is 0 Å². The van der Waals surface area contributed by atoms with Gasteiger partial charge in [0.25, 0.3) is 0 Å². The van der Waals surface area contributed by atoms with Crippen LogP contribution < -0.4 is 0 Å². The maximum absolute atomic E-state index is 1.87. The first kappa shape index (κ1) is 22.7. The summed E-state index contributed by atoms with van der Waals surface area (Å²) >= 11 is 0. The van der Waals surface area contributed by atoms with Crippen LogP contribution in [0, 0.1) is 47.3 Å². The van der Waals surface area contributed by atoms with Gasteiger partial charge in [-0.2, -0.15) is 77.0 Å². The molecule has 29 heavy (non-hydrogen) atoms. The predicted molar refractivity (Wildman–Crippen MR) is 119 cm³/mol. The Bertz CT molecular complexity index is 327. The predicted octanol–water partition coefficient (Wildman–Crippen LogP) is 8.62. The third-order valence-corrected chi connectivity index (χ3v) is 9.56. The van der Waals surface area contributed by atoms with E-state index in [1.165, 1.54) is 128 Å². The summed E-state index contributed by atoms with van der Waals surface area (Å²) < 4.78 is 0. The van der Waals surface area contributed by atoms with Gasteiger partial charge in [0.15, 0.2) is 0 Å². The van der Waals surface area contributed by atoms with Crippen LogP contribution in [-0.4, -0.2) is 0 Å². The fraction of sp³-hybridized carbons (Fsp3) is 0.857. The minimum atomic E-state index is 0. The Hall–Kier alpha value is 0.519.